The van der Waals surface area contributed by atoms with Crippen molar-refractivity contribution in [1.29, 1.82) is 0 Å². The summed E-state index contributed by atoms with van der Waals surface area (Å²) < 4.78 is 21.1. The number of carboxylic acid groups (broad SMARTS) is 1. The molecule has 19 heavy (non-hydrogen) atoms. The third-order valence-corrected chi connectivity index (χ3v) is 2.92. The minimum absolute atomic E-state index is 0.0821. The zero-order valence-electron chi connectivity index (χ0n) is 10.2. The van der Waals surface area contributed by atoms with Gasteiger partial charge in [0.25, 0.3) is 0 Å². The Bertz CT molecular complexity index is 535. The fraction of sp³-hybridized carbons (Fsp3) is 0.556. The standard InChI is InChI=1S/C9H14N4O4P2/c1-9(7(14)15,3-2-4-12-8(10)11)13(5-18-16)6-19-17/h2-4H2,1H3,(H,14,15)(H4,10,11,12)/t9-/m0/s1. The van der Waals surface area contributed by atoms with Crippen molar-refractivity contribution in [3.63, 3.8) is 0 Å². The average Bonchev–Trinajstić information content (AvgIpc) is 2.33. The third kappa shape index (κ3) is 5.93. The summed E-state index contributed by atoms with van der Waals surface area (Å²) in [5.74, 6) is 3.17. The van der Waals surface area contributed by atoms with E-state index in [4.69, 9.17) is 11.5 Å². The molecule has 10 heteroatoms. The van der Waals surface area contributed by atoms with E-state index < -0.39 is 27.3 Å². The number of nitrogens with two attached hydrogens (primary N) is 2. The van der Waals surface area contributed by atoms with Crippen molar-refractivity contribution >= 4 is 27.8 Å². The molecule has 0 unspecified atom stereocenters. The zero-order chi connectivity index (χ0) is 14.9. The van der Waals surface area contributed by atoms with Crippen LogP contribution >= 0.6 is 15.8 Å². The molecule has 0 aliphatic carbocycles. The summed E-state index contributed by atoms with van der Waals surface area (Å²) in [6.07, 6.45) is 0.496. The number of nitrogens with zero attached hydrogens (tertiary/aromatic N) is 2. The third-order valence-electron chi connectivity index (χ3n) is 2.35. The van der Waals surface area contributed by atoms with Gasteiger partial charge in [-0.3, -0.25) is 0 Å². The minimum atomic E-state index is -1.48. The topological polar surface area (TPSA) is 139 Å². The van der Waals surface area contributed by atoms with Crippen molar-refractivity contribution in [1.82, 2.24) is 4.90 Å². The van der Waals surface area contributed by atoms with E-state index in [1.165, 1.54) is 6.92 Å². The van der Waals surface area contributed by atoms with E-state index >= 15 is 0 Å². The fourth-order valence-corrected chi connectivity index (χ4v) is 2.05. The molecule has 0 saturated carbocycles. The molecule has 0 aromatic rings. The predicted molar refractivity (Wildman–Crippen MR) is 70.8 cm³/mol. The number of aliphatic carboxylic acids is 1. The Morgan fingerprint density at radius 3 is 2.26 bits per heavy atom. The van der Waals surface area contributed by atoms with Gasteiger partial charge in [-0.25, -0.2) is 0 Å². The van der Waals surface area contributed by atoms with Crippen molar-refractivity contribution in [2.45, 2.75) is 25.3 Å². The average molecular weight is 304 g/mol. The first-order chi connectivity index (χ1) is 8.88. The summed E-state index contributed by atoms with van der Waals surface area (Å²) in [7, 11) is -1.07. The van der Waals surface area contributed by atoms with Crippen molar-refractivity contribution in [2.75, 3.05) is 6.54 Å². The van der Waals surface area contributed by atoms with Crippen LogP contribution in [0.3, 0.4) is 0 Å². The molecule has 0 bridgehead atoms. The molecule has 0 aromatic carbocycles. The first kappa shape index (κ1) is 17.7. The molecule has 5 N–H and O–H groups in total. The van der Waals surface area contributed by atoms with Crippen LogP contribution < -0.4 is 11.5 Å². The molecule has 0 heterocycles. The van der Waals surface area contributed by atoms with E-state index in [0.717, 1.165) is 4.90 Å². The Hall–Kier alpha value is -1.28. The van der Waals surface area contributed by atoms with E-state index in [2.05, 4.69) is 16.5 Å². The van der Waals surface area contributed by atoms with Crippen LogP contribution in [0.15, 0.2) is 4.99 Å². The van der Waals surface area contributed by atoms with Gasteiger partial charge in [0.05, 0.1) is 0 Å². The first-order valence-corrected chi connectivity index (χ1v) is 6.76. The maximum absolute atomic E-state index is 11.3. The van der Waals surface area contributed by atoms with E-state index in [1.807, 2.05) is 0 Å². The molecule has 0 saturated heterocycles. The number of guanidine groups is 1. The van der Waals surface area contributed by atoms with E-state index in [9.17, 15) is 19.0 Å². The van der Waals surface area contributed by atoms with Crippen LogP contribution in [0.1, 0.15) is 19.8 Å². The van der Waals surface area contributed by atoms with Crippen molar-refractivity contribution < 1.29 is 19.0 Å². The number of carboxylic acids is 1. The second-order valence-electron chi connectivity index (χ2n) is 3.71. The van der Waals surface area contributed by atoms with Gasteiger partial charge in [0.1, 0.15) is 0 Å². The van der Waals surface area contributed by atoms with Gasteiger partial charge >= 0.3 is 112 Å². The SMILES string of the molecule is C[C@](CCCN=C(N)N)(C(=O)O)N(C#P=O)C#P=O. The first-order valence-electron chi connectivity index (χ1n) is 5.13. The Kier molecular flexibility index (Phi) is 8.17. The van der Waals surface area contributed by atoms with Gasteiger partial charge in [-0.15, -0.1) is 0 Å². The van der Waals surface area contributed by atoms with E-state index in [0.29, 0.717) is 6.42 Å². The number of hydrogen-bond donors (Lipinski definition) is 3. The van der Waals surface area contributed by atoms with Crippen LogP contribution in [0.25, 0.3) is 0 Å². The Morgan fingerprint density at radius 2 is 1.89 bits per heavy atom. The molecule has 0 rings (SSSR count). The molecule has 0 aliphatic rings. The summed E-state index contributed by atoms with van der Waals surface area (Å²) in [5, 5.41) is 9.25. The second-order valence-corrected chi connectivity index (χ2v) is 4.47. The molecule has 0 amide bonds. The summed E-state index contributed by atoms with van der Waals surface area (Å²) in [4.78, 5) is 16.0. The van der Waals surface area contributed by atoms with Crippen LogP contribution in [0.5, 0.6) is 0 Å². The fourth-order valence-electron chi connectivity index (χ4n) is 1.27. The summed E-state index contributed by atoms with van der Waals surface area (Å²) >= 11 is 0. The number of carbonyl (C=O) groups is 1. The zero-order valence-corrected chi connectivity index (χ0v) is 12.0. The van der Waals surface area contributed by atoms with Gasteiger partial charge in [-0.1, -0.05) is 0 Å². The number of hydrogen-bond acceptors (Lipinski definition) is 5. The van der Waals surface area contributed by atoms with Crippen LogP contribution in [0.4, 0.5) is 0 Å². The summed E-state index contributed by atoms with van der Waals surface area (Å²) in [5.41, 5.74) is 8.82. The summed E-state index contributed by atoms with van der Waals surface area (Å²) in [6, 6.07) is 0. The van der Waals surface area contributed by atoms with E-state index in [-0.39, 0.29) is 18.9 Å². The van der Waals surface area contributed by atoms with Crippen LogP contribution in [0, 0.1) is 11.5 Å². The van der Waals surface area contributed by atoms with Gasteiger partial charge in [0.2, 0.25) is 0 Å². The molecule has 0 aliphatic heterocycles. The molecular weight excluding hydrogens is 290 g/mol. The van der Waals surface area contributed by atoms with Crippen LogP contribution in [0.2, 0.25) is 0 Å². The molecule has 0 spiro atoms. The predicted octanol–water partition coefficient (Wildman–Crippen LogP) is 0.602. The quantitative estimate of drug-likeness (QED) is 0.215. The van der Waals surface area contributed by atoms with Gasteiger partial charge in [0, 0.05) is 0 Å². The molecular formula is C9H14N4O4P2. The van der Waals surface area contributed by atoms with Gasteiger partial charge in [0.15, 0.2) is 0 Å². The van der Waals surface area contributed by atoms with E-state index in [1.54, 1.807) is 0 Å². The van der Waals surface area contributed by atoms with Crippen LogP contribution in [-0.4, -0.2) is 34.0 Å². The molecule has 8 nitrogen and oxygen atoms in total. The normalized spacial score (nSPS) is 12.7. The number of rotatable bonds is 6. The van der Waals surface area contributed by atoms with Crippen LogP contribution in [-0.2, 0) is 13.9 Å². The molecule has 0 radical (unpaired) electrons. The van der Waals surface area contributed by atoms with Gasteiger partial charge in [-0.2, -0.15) is 0 Å². The summed E-state index contributed by atoms with van der Waals surface area (Å²) in [6.45, 7) is 1.63. The Morgan fingerprint density at radius 1 is 1.37 bits per heavy atom. The van der Waals surface area contributed by atoms with Gasteiger partial charge < -0.3 is 0 Å². The molecule has 0 fully saturated rings. The molecule has 1 atom stereocenters. The molecule has 0 aromatic heterocycles. The maximum atomic E-state index is 11.3. The Balaban J connectivity index is 5.09. The van der Waals surface area contributed by atoms with Gasteiger partial charge in [-0.05, 0) is 0 Å². The Labute approximate surface area is 112 Å². The van der Waals surface area contributed by atoms with Crippen molar-refractivity contribution in [2.24, 2.45) is 16.5 Å². The number of aliphatic imine (C=N–C) groups is 1. The second kappa shape index (κ2) is 8.76. The van der Waals surface area contributed by atoms with Crippen molar-refractivity contribution in [3.8, 4) is 11.5 Å². The van der Waals surface area contributed by atoms with Crippen molar-refractivity contribution in [3.05, 3.63) is 0 Å². The monoisotopic (exact) mass is 304 g/mol. The molecule has 104 valence electrons.